The van der Waals surface area contributed by atoms with Crippen molar-refractivity contribution in [3.05, 3.63) is 34.9 Å². The Balaban J connectivity index is 1.91. The van der Waals surface area contributed by atoms with Crippen molar-refractivity contribution >= 4 is 27.5 Å². The normalized spacial score (nSPS) is 21.6. The lowest BCUT2D eigenvalue weighted by Crippen LogP contribution is -2.17. The molecule has 1 aliphatic rings. The lowest BCUT2D eigenvalue weighted by Gasteiger charge is -2.18. The zero-order valence-electron chi connectivity index (χ0n) is 9.57. The van der Waals surface area contributed by atoms with Crippen LogP contribution in [0.5, 0.6) is 0 Å². The minimum absolute atomic E-state index is 0.0397. The minimum atomic E-state index is 0.0397. The van der Waals surface area contributed by atoms with E-state index < -0.39 is 0 Å². The first-order valence-corrected chi connectivity index (χ1v) is 7.34. The van der Waals surface area contributed by atoms with E-state index in [1.165, 1.54) is 0 Å². The number of hydrogen-bond acceptors (Lipinski definition) is 2. The van der Waals surface area contributed by atoms with E-state index in [-0.39, 0.29) is 12.2 Å². The van der Waals surface area contributed by atoms with Crippen LogP contribution in [0.3, 0.4) is 0 Å². The van der Waals surface area contributed by atoms with Gasteiger partial charge in [-0.1, -0.05) is 39.7 Å². The molecule has 2 atom stereocenters. The van der Waals surface area contributed by atoms with Crippen molar-refractivity contribution in [1.29, 1.82) is 0 Å². The molecule has 1 aromatic carbocycles. The predicted octanol–water partition coefficient (Wildman–Crippen LogP) is 3.97. The smallest absolute Gasteiger partial charge is 0.0923 e. The summed E-state index contributed by atoms with van der Waals surface area (Å²) in [4.78, 5) is 0. The van der Waals surface area contributed by atoms with Gasteiger partial charge in [-0.3, -0.25) is 0 Å². The van der Waals surface area contributed by atoms with E-state index in [2.05, 4.69) is 15.9 Å². The maximum atomic E-state index is 5.98. The van der Waals surface area contributed by atoms with E-state index in [4.69, 9.17) is 21.1 Å². The van der Waals surface area contributed by atoms with Gasteiger partial charge in [0, 0.05) is 17.0 Å². The molecule has 0 saturated carbocycles. The lowest BCUT2D eigenvalue weighted by atomic mass is 10.1. The van der Waals surface area contributed by atoms with E-state index in [0.717, 1.165) is 35.4 Å². The first kappa shape index (κ1) is 13.3. The fourth-order valence-corrected chi connectivity index (χ4v) is 2.70. The second-order valence-electron chi connectivity index (χ2n) is 4.17. The average molecular weight is 320 g/mol. The maximum Gasteiger partial charge on any atom is 0.0923 e. The molecule has 1 heterocycles. The Morgan fingerprint density at radius 3 is 3.06 bits per heavy atom. The zero-order chi connectivity index (χ0) is 12.1. The van der Waals surface area contributed by atoms with Crippen LogP contribution in [0.15, 0.2) is 24.3 Å². The first-order chi connectivity index (χ1) is 8.29. The molecule has 2 rings (SSSR count). The zero-order valence-corrected chi connectivity index (χ0v) is 11.9. The molecule has 0 spiro atoms. The Kier molecular flexibility index (Phi) is 5.29. The summed E-state index contributed by atoms with van der Waals surface area (Å²) in [5, 5.41) is 1.51. The van der Waals surface area contributed by atoms with Gasteiger partial charge in [0.1, 0.15) is 0 Å². The Bertz CT molecular complexity index is 353. The Morgan fingerprint density at radius 2 is 2.41 bits per heavy atom. The van der Waals surface area contributed by atoms with Crippen molar-refractivity contribution in [2.75, 3.05) is 18.5 Å². The summed E-state index contributed by atoms with van der Waals surface area (Å²) in [6, 6.07) is 7.80. The minimum Gasteiger partial charge on any atom is -0.376 e. The molecule has 94 valence electrons. The third kappa shape index (κ3) is 3.95. The molecule has 2 nitrogen and oxygen atoms in total. The number of hydrogen-bond donors (Lipinski definition) is 0. The van der Waals surface area contributed by atoms with Crippen LogP contribution >= 0.6 is 27.5 Å². The van der Waals surface area contributed by atoms with Gasteiger partial charge in [-0.2, -0.15) is 0 Å². The van der Waals surface area contributed by atoms with Gasteiger partial charge < -0.3 is 9.47 Å². The fourth-order valence-electron chi connectivity index (χ4n) is 1.94. The van der Waals surface area contributed by atoms with Crippen LogP contribution < -0.4 is 0 Å². The number of halogens is 2. The van der Waals surface area contributed by atoms with Gasteiger partial charge >= 0.3 is 0 Å². The van der Waals surface area contributed by atoms with Crippen molar-refractivity contribution in [3.8, 4) is 0 Å². The van der Waals surface area contributed by atoms with Crippen molar-refractivity contribution in [3.63, 3.8) is 0 Å². The van der Waals surface area contributed by atoms with Gasteiger partial charge in [0.2, 0.25) is 0 Å². The van der Waals surface area contributed by atoms with Gasteiger partial charge in [-0.15, -0.1) is 0 Å². The Morgan fingerprint density at radius 1 is 1.53 bits per heavy atom. The van der Waals surface area contributed by atoms with Crippen LogP contribution in [0, 0.1) is 0 Å². The second-order valence-corrected chi connectivity index (χ2v) is 5.25. The van der Waals surface area contributed by atoms with Crippen molar-refractivity contribution in [1.82, 2.24) is 0 Å². The van der Waals surface area contributed by atoms with Gasteiger partial charge in [0.25, 0.3) is 0 Å². The summed E-state index contributed by atoms with van der Waals surface area (Å²) in [5.41, 5.74) is 1.10. The van der Waals surface area contributed by atoms with Crippen LogP contribution in [0.1, 0.15) is 24.5 Å². The monoisotopic (exact) mass is 318 g/mol. The van der Waals surface area contributed by atoms with Gasteiger partial charge in [0.15, 0.2) is 0 Å². The molecule has 1 saturated heterocycles. The topological polar surface area (TPSA) is 18.5 Å². The predicted molar refractivity (Wildman–Crippen MR) is 72.9 cm³/mol. The molecule has 0 N–H and O–H groups in total. The van der Waals surface area contributed by atoms with Crippen LogP contribution in [0.25, 0.3) is 0 Å². The third-order valence-electron chi connectivity index (χ3n) is 2.87. The highest BCUT2D eigenvalue weighted by Crippen LogP contribution is 2.24. The lowest BCUT2D eigenvalue weighted by molar-refractivity contribution is -0.0127. The molecular formula is C13H16BrClO2. The highest BCUT2D eigenvalue weighted by molar-refractivity contribution is 9.09. The summed E-state index contributed by atoms with van der Waals surface area (Å²) >= 11 is 9.46. The van der Waals surface area contributed by atoms with Gasteiger partial charge in [0.05, 0.1) is 18.8 Å². The van der Waals surface area contributed by atoms with Gasteiger partial charge in [-0.25, -0.2) is 0 Å². The Hall–Kier alpha value is -0.0900. The van der Waals surface area contributed by atoms with Crippen molar-refractivity contribution in [2.45, 2.75) is 25.0 Å². The number of alkyl halides is 1. The SMILES string of the molecule is Clc1cccc(C(CBr)OCC2CCCO2)c1. The Labute approximate surface area is 115 Å². The molecule has 17 heavy (non-hydrogen) atoms. The molecule has 0 aromatic heterocycles. The maximum absolute atomic E-state index is 5.98. The number of benzene rings is 1. The molecule has 0 bridgehead atoms. The molecular weight excluding hydrogens is 303 g/mol. The van der Waals surface area contributed by atoms with E-state index in [1.807, 2.05) is 24.3 Å². The van der Waals surface area contributed by atoms with E-state index in [9.17, 15) is 0 Å². The molecule has 0 aliphatic carbocycles. The van der Waals surface area contributed by atoms with Crippen LogP contribution in [0.2, 0.25) is 5.02 Å². The summed E-state index contributed by atoms with van der Waals surface area (Å²) < 4.78 is 11.4. The summed E-state index contributed by atoms with van der Waals surface area (Å²) in [5.74, 6) is 0. The molecule has 0 amide bonds. The van der Waals surface area contributed by atoms with Crippen molar-refractivity contribution < 1.29 is 9.47 Å². The molecule has 1 aliphatic heterocycles. The molecule has 2 unspecified atom stereocenters. The number of rotatable bonds is 5. The summed E-state index contributed by atoms with van der Waals surface area (Å²) in [6.07, 6.45) is 2.54. The second kappa shape index (κ2) is 6.74. The number of ether oxygens (including phenoxy) is 2. The van der Waals surface area contributed by atoms with E-state index in [0.29, 0.717) is 6.61 Å². The highest BCUT2D eigenvalue weighted by atomic mass is 79.9. The van der Waals surface area contributed by atoms with Crippen LogP contribution in [-0.2, 0) is 9.47 Å². The van der Waals surface area contributed by atoms with Gasteiger partial charge in [-0.05, 0) is 30.5 Å². The highest BCUT2D eigenvalue weighted by Gasteiger charge is 2.18. The first-order valence-electron chi connectivity index (χ1n) is 5.84. The van der Waals surface area contributed by atoms with E-state index in [1.54, 1.807) is 0 Å². The molecule has 0 radical (unpaired) electrons. The summed E-state index contributed by atoms with van der Waals surface area (Å²) in [7, 11) is 0. The fraction of sp³-hybridized carbons (Fsp3) is 0.538. The summed E-state index contributed by atoms with van der Waals surface area (Å²) in [6.45, 7) is 1.52. The van der Waals surface area contributed by atoms with E-state index >= 15 is 0 Å². The molecule has 1 aromatic rings. The van der Waals surface area contributed by atoms with Crippen LogP contribution in [-0.4, -0.2) is 24.6 Å². The molecule has 1 fully saturated rings. The molecule has 4 heteroatoms. The van der Waals surface area contributed by atoms with Crippen LogP contribution in [0.4, 0.5) is 0 Å². The quantitative estimate of drug-likeness (QED) is 0.765. The largest absolute Gasteiger partial charge is 0.376 e. The standard InChI is InChI=1S/C13H16BrClO2/c14-8-13(10-3-1-4-11(15)7-10)17-9-12-5-2-6-16-12/h1,3-4,7,12-13H,2,5-6,8-9H2. The van der Waals surface area contributed by atoms with Crippen molar-refractivity contribution in [2.24, 2.45) is 0 Å². The average Bonchev–Trinajstić information content (AvgIpc) is 2.83. The third-order valence-corrected chi connectivity index (χ3v) is 3.69.